The number of amides is 2. The summed E-state index contributed by atoms with van der Waals surface area (Å²) in [5.41, 5.74) is 1.28. The van der Waals surface area contributed by atoms with Crippen LogP contribution in [0.15, 0.2) is 36.7 Å². The summed E-state index contributed by atoms with van der Waals surface area (Å²) in [4.78, 5) is 12.1. The molecule has 1 aliphatic heterocycles. The van der Waals surface area contributed by atoms with E-state index >= 15 is 0 Å². The number of aromatic nitrogens is 2. The van der Waals surface area contributed by atoms with Crippen LogP contribution in [0, 0.1) is 5.92 Å². The van der Waals surface area contributed by atoms with E-state index in [0.717, 1.165) is 32.6 Å². The van der Waals surface area contributed by atoms with Gasteiger partial charge in [-0.25, -0.2) is 4.79 Å². The number of carbonyl (C=O) groups is 1. The topological polar surface area (TPSA) is 77.4 Å². The summed E-state index contributed by atoms with van der Waals surface area (Å²) in [6, 6.07) is 6.94. The van der Waals surface area contributed by atoms with Crippen molar-refractivity contribution in [1.29, 1.82) is 0 Å². The highest BCUT2D eigenvalue weighted by Crippen LogP contribution is 2.23. The minimum Gasteiger partial charge on any atom is -0.495 e. The fourth-order valence-corrected chi connectivity index (χ4v) is 2.75. The van der Waals surface area contributed by atoms with E-state index in [1.807, 2.05) is 23.0 Å². The molecule has 0 atom stereocenters. The first kappa shape index (κ1) is 16.3. The summed E-state index contributed by atoms with van der Waals surface area (Å²) in [7, 11) is 1.57. The molecule has 3 rings (SSSR count). The van der Waals surface area contributed by atoms with Crippen molar-refractivity contribution in [3.05, 3.63) is 36.7 Å². The van der Waals surface area contributed by atoms with Crippen LogP contribution in [0.2, 0.25) is 0 Å². The summed E-state index contributed by atoms with van der Waals surface area (Å²) in [5.74, 6) is 1.19. The summed E-state index contributed by atoms with van der Waals surface area (Å²) in [6.45, 7) is 2.48. The molecule has 2 N–H and O–H groups in total. The van der Waals surface area contributed by atoms with Gasteiger partial charge >= 0.3 is 6.03 Å². The molecule has 0 bridgehead atoms. The Labute approximate surface area is 140 Å². The Bertz CT molecular complexity index is 680. The van der Waals surface area contributed by atoms with Gasteiger partial charge in [0.1, 0.15) is 5.75 Å². The van der Waals surface area contributed by atoms with Gasteiger partial charge in [-0.2, -0.15) is 5.10 Å². The highest BCUT2D eigenvalue weighted by atomic mass is 16.5. The van der Waals surface area contributed by atoms with Crippen LogP contribution in [0.3, 0.4) is 0 Å². The van der Waals surface area contributed by atoms with E-state index in [9.17, 15) is 4.79 Å². The number of methoxy groups -OCH3 is 1. The number of nitrogens with zero attached hydrogens (tertiary/aromatic N) is 2. The standard InChI is InChI=1S/C17H22N4O3/c1-23-16-5-3-2-4-15(16)20-17(22)19-14-10-18-21(12-14)11-13-6-8-24-9-7-13/h2-5,10,12-13H,6-9,11H2,1H3,(H2,19,20,22). The fraction of sp³-hybridized carbons (Fsp3) is 0.412. The van der Waals surface area contributed by atoms with Gasteiger partial charge in [0.05, 0.1) is 24.7 Å². The third-order valence-corrected chi connectivity index (χ3v) is 4.03. The SMILES string of the molecule is COc1ccccc1NC(=O)Nc1cnn(CC2CCOCC2)c1. The smallest absolute Gasteiger partial charge is 0.323 e. The van der Waals surface area contributed by atoms with Crippen molar-refractivity contribution in [2.45, 2.75) is 19.4 Å². The molecule has 1 aromatic heterocycles. The molecule has 1 aliphatic rings. The number of benzene rings is 1. The van der Waals surface area contributed by atoms with Gasteiger partial charge in [0.2, 0.25) is 0 Å². The zero-order chi connectivity index (χ0) is 16.8. The van der Waals surface area contributed by atoms with E-state index in [-0.39, 0.29) is 6.03 Å². The number of carbonyl (C=O) groups excluding carboxylic acids is 1. The minimum atomic E-state index is -0.329. The maximum atomic E-state index is 12.1. The summed E-state index contributed by atoms with van der Waals surface area (Å²) in [6.07, 6.45) is 5.60. The molecule has 128 valence electrons. The summed E-state index contributed by atoms with van der Waals surface area (Å²) < 4.78 is 12.5. The van der Waals surface area contributed by atoms with Crippen molar-refractivity contribution < 1.29 is 14.3 Å². The van der Waals surface area contributed by atoms with Crippen LogP contribution >= 0.6 is 0 Å². The first-order valence-corrected chi connectivity index (χ1v) is 8.06. The van der Waals surface area contributed by atoms with Crippen molar-refractivity contribution in [1.82, 2.24) is 9.78 Å². The number of para-hydroxylation sites is 2. The van der Waals surface area contributed by atoms with Crippen LogP contribution in [0.5, 0.6) is 5.75 Å². The first-order valence-electron chi connectivity index (χ1n) is 8.06. The van der Waals surface area contributed by atoms with E-state index in [2.05, 4.69) is 15.7 Å². The second-order valence-corrected chi connectivity index (χ2v) is 5.79. The van der Waals surface area contributed by atoms with Gasteiger partial charge < -0.3 is 20.1 Å². The van der Waals surface area contributed by atoms with Crippen molar-refractivity contribution in [3.8, 4) is 5.75 Å². The van der Waals surface area contributed by atoms with Gasteiger partial charge in [0.15, 0.2) is 0 Å². The molecule has 1 fully saturated rings. The number of anilines is 2. The molecular formula is C17H22N4O3. The molecule has 0 saturated carbocycles. The molecule has 0 radical (unpaired) electrons. The quantitative estimate of drug-likeness (QED) is 0.883. The van der Waals surface area contributed by atoms with Crippen molar-refractivity contribution in [2.24, 2.45) is 5.92 Å². The zero-order valence-corrected chi connectivity index (χ0v) is 13.7. The monoisotopic (exact) mass is 330 g/mol. The number of urea groups is 1. The van der Waals surface area contributed by atoms with E-state index in [0.29, 0.717) is 23.0 Å². The van der Waals surface area contributed by atoms with Crippen LogP contribution in [-0.2, 0) is 11.3 Å². The number of nitrogens with one attached hydrogen (secondary N) is 2. The minimum absolute atomic E-state index is 0.329. The van der Waals surface area contributed by atoms with E-state index in [1.54, 1.807) is 25.4 Å². The Hall–Kier alpha value is -2.54. The lowest BCUT2D eigenvalue weighted by Crippen LogP contribution is -2.21. The van der Waals surface area contributed by atoms with Crippen LogP contribution in [0.25, 0.3) is 0 Å². The predicted molar refractivity (Wildman–Crippen MR) is 91.4 cm³/mol. The van der Waals surface area contributed by atoms with Crippen molar-refractivity contribution in [3.63, 3.8) is 0 Å². The third kappa shape index (κ3) is 4.26. The Morgan fingerprint density at radius 2 is 2.12 bits per heavy atom. The van der Waals surface area contributed by atoms with Crippen molar-refractivity contribution >= 4 is 17.4 Å². The van der Waals surface area contributed by atoms with E-state index in [4.69, 9.17) is 9.47 Å². The lowest BCUT2D eigenvalue weighted by molar-refractivity contribution is 0.0601. The number of hydrogen-bond acceptors (Lipinski definition) is 4. The van der Waals surface area contributed by atoms with Gasteiger partial charge in [-0.3, -0.25) is 4.68 Å². The zero-order valence-electron chi connectivity index (χ0n) is 13.7. The lowest BCUT2D eigenvalue weighted by Gasteiger charge is -2.21. The average molecular weight is 330 g/mol. The largest absolute Gasteiger partial charge is 0.495 e. The van der Waals surface area contributed by atoms with E-state index < -0.39 is 0 Å². The molecular weight excluding hydrogens is 308 g/mol. The lowest BCUT2D eigenvalue weighted by atomic mass is 10.0. The molecule has 7 nitrogen and oxygen atoms in total. The second-order valence-electron chi connectivity index (χ2n) is 5.79. The predicted octanol–water partition coefficient (Wildman–Crippen LogP) is 2.96. The summed E-state index contributed by atoms with van der Waals surface area (Å²) in [5, 5.41) is 9.87. The highest BCUT2D eigenvalue weighted by molar-refractivity contribution is 6.00. The number of ether oxygens (including phenoxy) is 2. The fourth-order valence-electron chi connectivity index (χ4n) is 2.75. The third-order valence-electron chi connectivity index (χ3n) is 4.03. The van der Waals surface area contributed by atoms with Gasteiger partial charge in [-0.15, -0.1) is 0 Å². The summed E-state index contributed by atoms with van der Waals surface area (Å²) >= 11 is 0. The molecule has 0 aliphatic carbocycles. The molecule has 0 unspecified atom stereocenters. The van der Waals surface area contributed by atoms with Gasteiger partial charge in [-0.05, 0) is 30.9 Å². The maximum Gasteiger partial charge on any atom is 0.323 e. The number of rotatable bonds is 5. The Morgan fingerprint density at radius 1 is 1.33 bits per heavy atom. The van der Waals surface area contributed by atoms with Crippen LogP contribution < -0.4 is 15.4 Å². The van der Waals surface area contributed by atoms with E-state index in [1.165, 1.54) is 0 Å². The van der Waals surface area contributed by atoms with Gasteiger partial charge in [-0.1, -0.05) is 12.1 Å². The van der Waals surface area contributed by atoms with Crippen molar-refractivity contribution in [2.75, 3.05) is 31.0 Å². The normalized spacial score (nSPS) is 15.0. The molecule has 1 aromatic carbocycles. The van der Waals surface area contributed by atoms with Crippen LogP contribution in [0.1, 0.15) is 12.8 Å². The molecule has 1 saturated heterocycles. The van der Waals surface area contributed by atoms with Gasteiger partial charge in [0.25, 0.3) is 0 Å². The molecule has 0 spiro atoms. The first-order chi connectivity index (χ1) is 11.7. The molecule has 2 heterocycles. The molecule has 7 heteroatoms. The molecule has 24 heavy (non-hydrogen) atoms. The van der Waals surface area contributed by atoms with Crippen LogP contribution in [0.4, 0.5) is 16.2 Å². The Kier molecular flexibility index (Phi) is 5.32. The molecule has 2 aromatic rings. The van der Waals surface area contributed by atoms with Gasteiger partial charge in [0, 0.05) is 26.0 Å². The highest BCUT2D eigenvalue weighted by Gasteiger charge is 2.15. The Balaban J connectivity index is 1.55. The molecule has 2 amide bonds. The number of hydrogen-bond donors (Lipinski definition) is 2. The Morgan fingerprint density at radius 3 is 2.92 bits per heavy atom. The second kappa shape index (κ2) is 7.83. The van der Waals surface area contributed by atoms with Crippen LogP contribution in [-0.4, -0.2) is 36.1 Å². The maximum absolute atomic E-state index is 12.1. The average Bonchev–Trinajstić information content (AvgIpc) is 3.03.